The van der Waals surface area contributed by atoms with Gasteiger partial charge in [0.2, 0.25) is 0 Å². The Morgan fingerprint density at radius 1 is 1.26 bits per heavy atom. The number of carbonyl (C=O) groups excluding carboxylic acids is 1. The molecule has 0 spiro atoms. The van der Waals surface area contributed by atoms with Crippen molar-refractivity contribution in [1.29, 1.82) is 0 Å². The highest BCUT2D eigenvalue weighted by molar-refractivity contribution is 6.06. The SMILES string of the molecule is CN(C(=O)c1ccc2c(c1)NC(C)(COCC1CC1)CO2)c1ccccc1. The van der Waals surface area contributed by atoms with E-state index in [0.29, 0.717) is 18.8 Å². The van der Waals surface area contributed by atoms with E-state index in [0.717, 1.165) is 29.6 Å². The average Bonchev–Trinajstić information content (AvgIpc) is 3.51. The van der Waals surface area contributed by atoms with Crippen LogP contribution in [0.3, 0.4) is 0 Å². The van der Waals surface area contributed by atoms with E-state index in [9.17, 15) is 4.79 Å². The molecule has 1 N–H and O–H groups in total. The zero-order chi connectivity index (χ0) is 18.9. The normalized spacial score (nSPS) is 21.0. The average molecular weight is 366 g/mol. The van der Waals surface area contributed by atoms with Crippen LogP contribution in [-0.4, -0.2) is 38.3 Å². The van der Waals surface area contributed by atoms with Gasteiger partial charge in [-0.1, -0.05) is 18.2 Å². The first kappa shape index (κ1) is 17.9. The van der Waals surface area contributed by atoms with E-state index in [1.165, 1.54) is 12.8 Å². The standard InChI is InChI=1S/C22H26N2O3/c1-22(14-26-13-16-8-9-16)15-27-20-11-10-17(12-19(20)23-22)21(25)24(2)18-6-4-3-5-7-18/h3-7,10-12,16,23H,8-9,13-15H2,1-2H3. The number of nitrogens with one attached hydrogen (secondary N) is 1. The summed E-state index contributed by atoms with van der Waals surface area (Å²) in [6, 6.07) is 15.2. The van der Waals surface area contributed by atoms with Crippen molar-refractivity contribution in [2.75, 3.05) is 37.1 Å². The van der Waals surface area contributed by atoms with Crippen molar-refractivity contribution >= 4 is 17.3 Å². The zero-order valence-electron chi connectivity index (χ0n) is 15.9. The van der Waals surface area contributed by atoms with E-state index in [-0.39, 0.29) is 11.4 Å². The predicted octanol–water partition coefficient (Wildman–Crippen LogP) is 3.95. The summed E-state index contributed by atoms with van der Waals surface area (Å²) in [5.41, 5.74) is 2.03. The van der Waals surface area contributed by atoms with Crippen molar-refractivity contribution in [3.05, 3.63) is 54.1 Å². The van der Waals surface area contributed by atoms with E-state index in [1.54, 1.807) is 11.9 Å². The topological polar surface area (TPSA) is 50.8 Å². The van der Waals surface area contributed by atoms with Gasteiger partial charge in [0, 0.05) is 24.9 Å². The van der Waals surface area contributed by atoms with Crippen LogP contribution in [0, 0.1) is 5.92 Å². The number of benzene rings is 2. The molecule has 5 heteroatoms. The first-order valence-electron chi connectivity index (χ1n) is 9.50. The van der Waals surface area contributed by atoms with Gasteiger partial charge in [0.25, 0.3) is 5.91 Å². The fraction of sp³-hybridized carbons (Fsp3) is 0.409. The molecule has 1 heterocycles. The van der Waals surface area contributed by atoms with Gasteiger partial charge >= 0.3 is 0 Å². The van der Waals surface area contributed by atoms with E-state index in [1.807, 2.05) is 48.5 Å². The molecule has 2 aromatic rings. The molecule has 2 aliphatic rings. The fourth-order valence-electron chi connectivity index (χ4n) is 3.26. The Hall–Kier alpha value is -2.53. The number of carbonyl (C=O) groups is 1. The molecule has 1 aliphatic heterocycles. The number of nitrogens with zero attached hydrogens (tertiary/aromatic N) is 1. The lowest BCUT2D eigenvalue weighted by molar-refractivity contribution is 0.0667. The van der Waals surface area contributed by atoms with Gasteiger partial charge < -0.3 is 19.7 Å². The van der Waals surface area contributed by atoms with Crippen molar-refractivity contribution < 1.29 is 14.3 Å². The van der Waals surface area contributed by atoms with Crippen molar-refractivity contribution in [1.82, 2.24) is 0 Å². The summed E-state index contributed by atoms with van der Waals surface area (Å²) in [5, 5.41) is 3.52. The largest absolute Gasteiger partial charge is 0.489 e. The number of amides is 1. The molecule has 0 saturated heterocycles. The Morgan fingerprint density at radius 2 is 2.04 bits per heavy atom. The minimum atomic E-state index is -0.297. The number of hydrogen-bond donors (Lipinski definition) is 1. The van der Waals surface area contributed by atoms with E-state index in [2.05, 4.69) is 12.2 Å². The summed E-state index contributed by atoms with van der Waals surface area (Å²) in [4.78, 5) is 14.5. The van der Waals surface area contributed by atoms with Gasteiger partial charge in [-0.2, -0.15) is 0 Å². The van der Waals surface area contributed by atoms with Gasteiger partial charge in [-0.25, -0.2) is 0 Å². The molecule has 1 unspecified atom stereocenters. The molecule has 5 nitrogen and oxygen atoms in total. The molecule has 1 fully saturated rings. The number of ether oxygens (including phenoxy) is 2. The summed E-state index contributed by atoms with van der Waals surface area (Å²) in [7, 11) is 1.79. The maximum absolute atomic E-state index is 12.9. The van der Waals surface area contributed by atoms with Crippen molar-refractivity contribution in [3.8, 4) is 5.75 Å². The van der Waals surface area contributed by atoms with Crippen LogP contribution in [0.25, 0.3) is 0 Å². The van der Waals surface area contributed by atoms with Gasteiger partial charge in [0.15, 0.2) is 0 Å². The predicted molar refractivity (Wildman–Crippen MR) is 107 cm³/mol. The van der Waals surface area contributed by atoms with Crippen molar-refractivity contribution in [2.24, 2.45) is 5.92 Å². The lowest BCUT2D eigenvalue weighted by atomic mass is 10.0. The third-order valence-corrected chi connectivity index (χ3v) is 5.13. The monoisotopic (exact) mass is 366 g/mol. The van der Waals surface area contributed by atoms with Crippen molar-refractivity contribution in [2.45, 2.75) is 25.3 Å². The van der Waals surface area contributed by atoms with Gasteiger partial charge in [-0.3, -0.25) is 4.79 Å². The Balaban J connectivity index is 1.47. The summed E-state index contributed by atoms with van der Waals surface area (Å²) < 4.78 is 11.8. The quantitative estimate of drug-likeness (QED) is 0.841. The Kier molecular flexibility index (Phi) is 4.79. The highest BCUT2D eigenvalue weighted by atomic mass is 16.5. The molecule has 1 amide bonds. The second kappa shape index (κ2) is 7.24. The molecule has 2 aromatic carbocycles. The lowest BCUT2D eigenvalue weighted by Crippen LogP contribution is -2.48. The van der Waals surface area contributed by atoms with Crippen LogP contribution in [0.2, 0.25) is 0 Å². The van der Waals surface area contributed by atoms with Gasteiger partial charge in [0.05, 0.1) is 17.8 Å². The summed E-state index contributed by atoms with van der Waals surface area (Å²) >= 11 is 0. The fourth-order valence-corrected chi connectivity index (χ4v) is 3.26. The minimum absolute atomic E-state index is 0.0527. The maximum Gasteiger partial charge on any atom is 0.258 e. The maximum atomic E-state index is 12.9. The lowest BCUT2D eigenvalue weighted by Gasteiger charge is -2.36. The number of para-hydroxylation sites is 1. The van der Waals surface area contributed by atoms with Crippen LogP contribution < -0.4 is 15.0 Å². The Labute approximate surface area is 160 Å². The molecule has 1 saturated carbocycles. The molecular weight excluding hydrogens is 340 g/mol. The molecule has 0 bridgehead atoms. The first-order valence-corrected chi connectivity index (χ1v) is 9.50. The van der Waals surface area contributed by atoms with E-state index >= 15 is 0 Å². The molecule has 0 aromatic heterocycles. The molecule has 1 aliphatic carbocycles. The molecule has 0 radical (unpaired) electrons. The first-order chi connectivity index (χ1) is 13.0. The van der Waals surface area contributed by atoms with Crippen LogP contribution in [0.4, 0.5) is 11.4 Å². The number of hydrogen-bond acceptors (Lipinski definition) is 4. The highest BCUT2D eigenvalue weighted by Crippen LogP contribution is 2.35. The van der Waals surface area contributed by atoms with Crippen LogP contribution >= 0.6 is 0 Å². The molecule has 4 rings (SSSR count). The van der Waals surface area contributed by atoms with Crippen LogP contribution in [0.15, 0.2) is 48.5 Å². The summed E-state index contributed by atoms with van der Waals surface area (Å²) in [6.07, 6.45) is 2.56. The molecule has 1 atom stereocenters. The van der Waals surface area contributed by atoms with Crippen LogP contribution in [-0.2, 0) is 4.74 Å². The summed E-state index contributed by atoms with van der Waals surface area (Å²) in [6.45, 7) is 4.05. The number of rotatable bonds is 6. The van der Waals surface area contributed by atoms with Crippen LogP contribution in [0.1, 0.15) is 30.1 Å². The zero-order valence-corrected chi connectivity index (χ0v) is 15.9. The smallest absolute Gasteiger partial charge is 0.258 e. The van der Waals surface area contributed by atoms with E-state index < -0.39 is 0 Å². The van der Waals surface area contributed by atoms with Gasteiger partial charge in [0.1, 0.15) is 12.4 Å². The van der Waals surface area contributed by atoms with Gasteiger partial charge in [-0.15, -0.1) is 0 Å². The number of fused-ring (bicyclic) bond motifs is 1. The molecule has 27 heavy (non-hydrogen) atoms. The number of anilines is 2. The van der Waals surface area contributed by atoms with Crippen LogP contribution in [0.5, 0.6) is 5.75 Å². The molecule has 142 valence electrons. The second-order valence-corrected chi connectivity index (χ2v) is 7.84. The second-order valence-electron chi connectivity index (χ2n) is 7.84. The Bertz CT molecular complexity index is 820. The Morgan fingerprint density at radius 3 is 2.78 bits per heavy atom. The van der Waals surface area contributed by atoms with E-state index in [4.69, 9.17) is 9.47 Å². The van der Waals surface area contributed by atoms with Gasteiger partial charge in [-0.05, 0) is 56.0 Å². The summed E-state index contributed by atoms with van der Waals surface area (Å²) in [5.74, 6) is 1.46. The third kappa shape index (κ3) is 4.08. The highest BCUT2D eigenvalue weighted by Gasteiger charge is 2.32. The van der Waals surface area contributed by atoms with Crippen molar-refractivity contribution in [3.63, 3.8) is 0 Å². The third-order valence-electron chi connectivity index (χ3n) is 5.13. The molecular formula is C22H26N2O3. The minimum Gasteiger partial charge on any atom is -0.489 e.